The molecule has 1 aromatic rings. The number of halogens is 1. The fourth-order valence-corrected chi connectivity index (χ4v) is 3.67. The SMILES string of the molecule is COc1cc(Br)cc(CNC2CCCCCCC2)c1OC(C)C. The van der Waals surface area contributed by atoms with Crippen LogP contribution in [0, 0.1) is 0 Å². The third-order valence-electron chi connectivity index (χ3n) is 4.36. The van der Waals surface area contributed by atoms with E-state index >= 15 is 0 Å². The van der Waals surface area contributed by atoms with Gasteiger partial charge in [-0.15, -0.1) is 0 Å². The summed E-state index contributed by atoms with van der Waals surface area (Å²) in [6.45, 7) is 4.92. The van der Waals surface area contributed by atoms with Crippen molar-refractivity contribution in [2.24, 2.45) is 0 Å². The summed E-state index contributed by atoms with van der Waals surface area (Å²) < 4.78 is 12.6. The summed E-state index contributed by atoms with van der Waals surface area (Å²) in [5.41, 5.74) is 1.16. The lowest BCUT2D eigenvalue weighted by Gasteiger charge is -2.23. The molecular weight excluding hydrogens is 354 g/mol. The molecule has 1 N–H and O–H groups in total. The third kappa shape index (κ3) is 6.00. The Balaban J connectivity index is 2.08. The number of benzene rings is 1. The van der Waals surface area contributed by atoms with Gasteiger partial charge >= 0.3 is 0 Å². The van der Waals surface area contributed by atoms with Gasteiger partial charge in [0.2, 0.25) is 0 Å². The van der Waals surface area contributed by atoms with Crippen LogP contribution in [0.25, 0.3) is 0 Å². The highest BCUT2D eigenvalue weighted by atomic mass is 79.9. The van der Waals surface area contributed by atoms with Gasteiger partial charge in [-0.3, -0.25) is 0 Å². The zero-order chi connectivity index (χ0) is 16.7. The number of hydrogen-bond acceptors (Lipinski definition) is 3. The maximum absolute atomic E-state index is 6.02. The summed E-state index contributed by atoms with van der Waals surface area (Å²) in [7, 11) is 1.70. The highest BCUT2D eigenvalue weighted by Crippen LogP contribution is 2.35. The molecule has 0 unspecified atom stereocenters. The topological polar surface area (TPSA) is 30.5 Å². The number of methoxy groups -OCH3 is 1. The Morgan fingerprint density at radius 1 is 1.13 bits per heavy atom. The Bertz CT molecular complexity index is 483. The molecule has 130 valence electrons. The minimum atomic E-state index is 0.130. The smallest absolute Gasteiger partial charge is 0.166 e. The van der Waals surface area contributed by atoms with Gasteiger partial charge in [0.25, 0.3) is 0 Å². The molecule has 1 aliphatic carbocycles. The highest BCUT2D eigenvalue weighted by Gasteiger charge is 2.16. The van der Waals surface area contributed by atoms with Gasteiger partial charge in [-0.2, -0.15) is 0 Å². The van der Waals surface area contributed by atoms with Gasteiger partial charge in [0.1, 0.15) is 0 Å². The molecule has 1 aliphatic rings. The van der Waals surface area contributed by atoms with E-state index in [-0.39, 0.29) is 6.10 Å². The van der Waals surface area contributed by atoms with Crippen LogP contribution < -0.4 is 14.8 Å². The molecule has 2 rings (SSSR count). The van der Waals surface area contributed by atoms with Gasteiger partial charge in [-0.05, 0) is 38.8 Å². The average molecular weight is 384 g/mol. The predicted molar refractivity (Wildman–Crippen MR) is 99.4 cm³/mol. The zero-order valence-electron chi connectivity index (χ0n) is 14.7. The molecule has 0 atom stereocenters. The molecule has 3 nitrogen and oxygen atoms in total. The monoisotopic (exact) mass is 383 g/mol. The van der Waals surface area contributed by atoms with Crippen LogP contribution in [-0.4, -0.2) is 19.3 Å². The quantitative estimate of drug-likeness (QED) is 0.708. The van der Waals surface area contributed by atoms with Gasteiger partial charge in [0, 0.05) is 22.6 Å². The van der Waals surface area contributed by atoms with Crippen molar-refractivity contribution in [1.29, 1.82) is 0 Å². The number of nitrogens with one attached hydrogen (secondary N) is 1. The van der Waals surface area contributed by atoms with Crippen LogP contribution in [0.15, 0.2) is 16.6 Å². The van der Waals surface area contributed by atoms with Crippen LogP contribution in [0.5, 0.6) is 11.5 Å². The van der Waals surface area contributed by atoms with Crippen LogP contribution in [0.2, 0.25) is 0 Å². The maximum Gasteiger partial charge on any atom is 0.166 e. The summed E-state index contributed by atoms with van der Waals surface area (Å²) in [5, 5.41) is 3.74. The molecule has 0 heterocycles. The zero-order valence-corrected chi connectivity index (χ0v) is 16.2. The van der Waals surface area contributed by atoms with Crippen molar-refractivity contribution in [3.05, 3.63) is 22.2 Å². The number of ether oxygens (including phenoxy) is 2. The summed E-state index contributed by atoms with van der Waals surface area (Å²) in [5.74, 6) is 1.66. The molecule has 0 spiro atoms. The Labute approximate surface area is 149 Å². The van der Waals surface area contributed by atoms with Crippen molar-refractivity contribution in [1.82, 2.24) is 5.32 Å². The summed E-state index contributed by atoms with van der Waals surface area (Å²) in [4.78, 5) is 0. The predicted octanol–water partition coefficient (Wildman–Crippen LogP) is 5.45. The molecular formula is C19H30BrNO2. The van der Waals surface area contributed by atoms with Crippen LogP contribution in [0.3, 0.4) is 0 Å². The molecule has 0 radical (unpaired) electrons. The fraction of sp³-hybridized carbons (Fsp3) is 0.684. The van der Waals surface area contributed by atoms with Crippen LogP contribution in [0.4, 0.5) is 0 Å². The van der Waals surface area contributed by atoms with E-state index in [0.717, 1.165) is 28.1 Å². The minimum Gasteiger partial charge on any atom is -0.493 e. The van der Waals surface area contributed by atoms with Crippen LogP contribution in [-0.2, 0) is 6.54 Å². The molecule has 4 heteroatoms. The van der Waals surface area contributed by atoms with Crippen molar-refractivity contribution < 1.29 is 9.47 Å². The first-order valence-electron chi connectivity index (χ1n) is 8.86. The molecule has 0 saturated heterocycles. The summed E-state index contributed by atoms with van der Waals surface area (Å²) >= 11 is 3.58. The molecule has 0 amide bonds. The molecule has 1 saturated carbocycles. The van der Waals surface area contributed by atoms with Crippen molar-refractivity contribution in [3.63, 3.8) is 0 Å². The Kier molecular flexibility index (Phi) is 7.71. The minimum absolute atomic E-state index is 0.130. The largest absolute Gasteiger partial charge is 0.493 e. The summed E-state index contributed by atoms with van der Waals surface area (Å²) in [6, 6.07) is 4.72. The lowest BCUT2D eigenvalue weighted by molar-refractivity contribution is 0.226. The molecule has 1 aromatic carbocycles. The molecule has 0 aliphatic heterocycles. The third-order valence-corrected chi connectivity index (χ3v) is 4.81. The van der Waals surface area contributed by atoms with Crippen LogP contribution >= 0.6 is 15.9 Å². The van der Waals surface area contributed by atoms with Crippen LogP contribution in [0.1, 0.15) is 64.4 Å². The maximum atomic E-state index is 6.02. The van der Waals surface area contributed by atoms with Crippen molar-refractivity contribution in [2.45, 2.75) is 77.5 Å². The van der Waals surface area contributed by atoms with E-state index < -0.39 is 0 Å². The molecule has 23 heavy (non-hydrogen) atoms. The van der Waals surface area contributed by atoms with E-state index in [1.165, 1.54) is 44.9 Å². The van der Waals surface area contributed by atoms with E-state index in [4.69, 9.17) is 9.47 Å². The van der Waals surface area contributed by atoms with E-state index in [1.54, 1.807) is 7.11 Å². The lowest BCUT2D eigenvalue weighted by Crippen LogP contribution is -2.29. The Morgan fingerprint density at radius 3 is 2.39 bits per heavy atom. The Morgan fingerprint density at radius 2 is 1.78 bits per heavy atom. The van der Waals surface area contributed by atoms with Crippen molar-refractivity contribution in [3.8, 4) is 11.5 Å². The Hall–Kier alpha value is -0.740. The second kappa shape index (κ2) is 9.53. The van der Waals surface area contributed by atoms with Crippen molar-refractivity contribution in [2.75, 3.05) is 7.11 Å². The number of hydrogen-bond donors (Lipinski definition) is 1. The number of rotatable bonds is 6. The van der Waals surface area contributed by atoms with E-state index in [9.17, 15) is 0 Å². The first-order valence-corrected chi connectivity index (χ1v) is 9.66. The highest BCUT2D eigenvalue weighted by molar-refractivity contribution is 9.10. The van der Waals surface area contributed by atoms with Gasteiger partial charge in [-0.25, -0.2) is 0 Å². The second-order valence-electron chi connectivity index (χ2n) is 6.69. The van der Waals surface area contributed by atoms with Gasteiger partial charge in [0.05, 0.1) is 13.2 Å². The lowest BCUT2D eigenvalue weighted by atomic mass is 9.96. The van der Waals surface area contributed by atoms with Crippen molar-refractivity contribution >= 4 is 15.9 Å². The van der Waals surface area contributed by atoms with Gasteiger partial charge in [0.15, 0.2) is 11.5 Å². The van der Waals surface area contributed by atoms with E-state index in [2.05, 4.69) is 27.3 Å². The first-order chi connectivity index (χ1) is 11.1. The van der Waals surface area contributed by atoms with Gasteiger partial charge in [-0.1, -0.05) is 48.0 Å². The van der Waals surface area contributed by atoms with E-state index in [0.29, 0.717) is 6.04 Å². The van der Waals surface area contributed by atoms with E-state index in [1.807, 2.05) is 19.9 Å². The molecule has 0 bridgehead atoms. The second-order valence-corrected chi connectivity index (χ2v) is 7.60. The summed E-state index contributed by atoms with van der Waals surface area (Å²) in [6.07, 6.45) is 9.54. The standard InChI is InChI=1S/C19H30BrNO2/c1-14(2)23-19-15(11-16(20)12-18(19)22-3)13-21-17-9-7-5-4-6-8-10-17/h11-12,14,17,21H,4-10,13H2,1-3H3. The fourth-order valence-electron chi connectivity index (χ4n) is 3.19. The average Bonchev–Trinajstić information content (AvgIpc) is 2.47. The molecule has 0 aromatic heterocycles. The van der Waals surface area contributed by atoms with Gasteiger partial charge < -0.3 is 14.8 Å². The first kappa shape index (κ1) is 18.6. The molecule has 1 fully saturated rings. The normalized spacial score (nSPS) is 16.9.